The average molecular weight is 742 g/mol. The zero-order valence-corrected chi connectivity index (χ0v) is 31.4. The van der Waals surface area contributed by atoms with E-state index >= 15 is 0 Å². The molecule has 1 spiro atoms. The van der Waals surface area contributed by atoms with Gasteiger partial charge in [0.2, 0.25) is 0 Å². The molecule has 0 amide bonds. The second-order valence-electron chi connectivity index (χ2n) is 15.3. The standard InChI is InChI=1S/C54H35N3O/c1-2-14-35(15-3-1)51-55-52(57-53(56-51)44-32-38-16-4-5-17-39(38)40-18-6-7-19-41(40)44)36-28-26-34(27-29-36)37-30-31-50-48(33-37)54(47-24-12-13-25-49(47)58-50)45-22-10-8-20-42(45)43-21-9-11-23-46(43)54/h1-33,52H,(H,55,56,57). The number of rotatable bonds is 4. The van der Waals surface area contributed by atoms with Crippen molar-refractivity contribution >= 4 is 33.2 Å². The predicted octanol–water partition coefficient (Wildman–Crippen LogP) is 12.6. The van der Waals surface area contributed by atoms with Crippen molar-refractivity contribution in [2.24, 2.45) is 9.98 Å². The molecule has 0 fully saturated rings. The van der Waals surface area contributed by atoms with E-state index in [1.54, 1.807) is 0 Å². The summed E-state index contributed by atoms with van der Waals surface area (Å²) in [4.78, 5) is 10.4. The Bertz CT molecular complexity index is 3140. The predicted molar refractivity (Wildman–Crippen MR) is 236 cm³/mol. The van der Waals surface area contributed by atoms with Crippen LogP contribution in [0.4, 0.5) is 0 Å². The Morgan fingerprint density at radius 3 is 1.81 bits per heavy atom. The van der Waals surface area contributed by atoms with Gasteiger partial charge in [0.1, 0.15) is 23.5 Å². The van der Waals surface area contributed by atoms with Crippen molar-refractivity contribution in [1.82, 2.24) is 5.32 Å². The van der Waals surface area contributed by atoms with Crippen LogP contribution >= 0.6 is 0 Å². The number of hydrogen-bond donors (Lipinski definition) is 1. The van der Waals surface area contributed by atoms with Gasteiger partial charge >= 0.3 is 0 Å². The highest BCUT2D eigenvalue weighted by molar-refractivity contribution is 6.22. The Balaban J connectivity index is 0.963. The lowest BCUT2D eigenvalue weighted by Crippen LogP contribution is -2.33. The first-order valence-corrected chi connectivity index (χ1v) is 19.8. The first-order chi connectivity index (χ1) is 28.7. The molecule has 1 unspecified atom stereocenters. The van der Waals surface area contributed by atoms with Gasteiger partial charge in [-0.05, 0) is 84.8 Å². The molecule has 9 aromatic carbocycles. The third-order valence-corrected chi connectivity index (χ3v) is 12.2. The lowest BCUT2D eigenvalue weighted by molar-refractivity contribution is 0.436. The Morgan fingerprint density at radius 2 is 1.03 bits per heavy atom. The maximum atomic E-state index is 6.69. The highest BCUT2D eigenvalue weighted by Crippen LogP contribution is 2.62. The molecule has 4 nitrogen and oxygen atoms in total. The first kappa shape index (κ1) is 32.7. The summed E-state index contributed by atoms with van der Waals surface area (Å²) in [5.41, 5.74) is 12.3. The molecule has 4 heteroatoms. The van der Waals surface area contributed by atoms with E-state index in [9.17, 15) is 0 Å². The third-order valence-electron chi connectivity index (χ3n) is 12.2. The van der Waals surface area contributed by atoms with Crippen LogP contribution in [0, 0.1) is 0 Å². The summed E-state index contributed by atoms with van der Waals surface area (Å²) in [5.74, 6) is 3.29. The molecular formula is C54H35N3O. The minimum absolute atomic E-state index is 0.342. The van der Waals surface area contributed by atoms with Gasteiger partial charge in [0.15, 0.2) is 5.84 Å². The lowest BCUT2D eigenvalue weighted by Gasteiger charge is -2.39. The van der Waals surface area contributed by atoms with Crippen LogP contribution in [0.25, 0.3) is 43.8 Å². The fraction of sp³-hybridized carbons (Fsp3) is 0.0370. The first-order valence-electron chi connectivity index (χ1n) is 19.8. The van der Waals surface area contributed by atoms with Gasteiger partial charge in [-0.25, -0.2) is 9.98 Å². The molecule has 0 aromatic heterocycles. The minimum atomic E-state index is -0.509. The zero-order valence-electron chi connectivity index (χ0n) is 31.4. The van der Waals surface area contributed by atoms with Crippen LogP contribution in [0.15, 0.2) is 210 Å². The molecule has 12 rings (SSSR count). The SMILES string of the molecule is c1ccc(C2=NC(c3ccc(-c4ccc5c(c4)C4(c6ccccc6O5)c5ccccc5-c5ccccc54)cc3)NC(c3cc4ccccc4c4ccccc34)=N2)cc1. The number of fused-ring (bicyclic) bond motifs is 12. The normalized spacial score (nSPS) is 15.7. The molecule has 9 aromatic rings. The van der Waals surface area contributed by atoms with Crippen molar-refractivity contribution < 1.29 is 4.74 Å². The van der Waals surface area contributed by atoms with Crippen LogP contribution in [0.1, 0.15) is 45.1 Å². The highest BCUT2D eigenvalue weighted by atomic mass is 16.5. The van der Waals surface area contributed by atoms with Gasteiger partial charge in [-0.1, -0.05) is 176 Å². The summed E-state index contributed by atoms with van der Waals surface area (Å²) in [7, 11) is 0. The van der Waals surface area contributed by atoms with E-state index in [0.29, 0.717) is 5.84 Å². The Labute approximate surface area is 336 Å². The second-order valence-corrected chi connectivity index (χ2v) is 15.3. The van der Waals surface area contributed by atoms with E-state index in [2.05, 4.69) is 187 Å². The molecular weight excluding hydrogens is 707 g/mol. The smallest absolute Gasteiger partial charge is 0.159 e. The molecule has 0 saturated heterocycles. The summed E-state index contributed by atoms with van der Waals surface area (Å²) in [6.45, 7) is 0. The molecule has 272 valence electrons. The summed E-state index contributed by atoms with van der Waals surface area (Å²) in [6, 6.07) is 71.4. The van der Waals surface area contributed by atoms with Gasteiger partial charge in [-0.3, -0.25) is 0 Å². The van der Waals surface area contributed by atoms with Gasteiger partial charge in [0.05, 0.1) is 5.41 Å². The second kappa shape index (κ2) is 12.7. The summed E-state index contributed by atoms with van der Waals surface area (Å²) in [5, 5.41) is 8.51. The van der Waals surface area contributed by atoms with Crippen LogP contribution in [0.3, 0.4) is 0 Å². The molecule has 2 aliphatic heterocycles. The van der Waals surface area contributed by atoms with Gasteiger partial charge in [0.25, 0.3) is 0 Å². The van der Waals surface area contributed by atoms with Crippen molar-refractivity contribution in [2.75, 3.05) is 0 Å². The fourth-order valence-electron chi connectivity index (χ4n) is 9.62. The fourth-order valence-corrected chi connectivity index (χ4v) is 9.62. The van der Waals surface area contributed by atoms with Crippen LogP contribution in [-0.2, 0) is 5.41 Å². The minimum Gasteiger partial charge on any atom is -0.457 e. The monoisotopic (exact) mass is 741 g/mol. The van der Waals surface area contributed by atoms with Crippen LogP contribution in [0.2, 0.25) is 0 Å². The zero-order chi connectivity index (χ0) is 38.2. The number of ether oxygens (including phenoxy) is 1. The maximum absolute atomic E-state index is 6.69. The Kier molecular flexibility index (Phi) is 7.17. The van der Waals surface area contributed by atoms with Crippen molar-refractivity contribution in [3.63, 3.8) is 0 Å². The number of nitrogens with one attached hydrogen (secondary N) is 1. The maximum Gasteiger partial charge on any atom is 0.159 e. The van der Waals surface area contributed by atoms with Gasteiger partial charge in [-0.15, -0.1) is 0 Å². The molecule has 0 bridgehead atoms. The number of nitrogens with zero attached hydrogens (tertiary/aromatic N) is 2. The topological polar surface area (TPSA) is 46.0 Å². The number of aliphatic imine (C=N–C) groups is 2. The van der Waals surface area contributed by atoms with Crippen molar-refractivity contribution in [1.29, 1.82) is 0 Å². The van der Waals surface area contributed by atoms with E-state index in [4.69, 9.17) is 14.7 Å². The highest BCUT2D eigenvalue weighted by Gasteiger charge is 2.51. The molecule has 1 aliphatic carbocycles. The molecule has 0 saturated carbocycles. The summed E-state index contributed by atoms with van der Waals surface area (Å²) >= 11 is 0. The van der Waals surface area contributed by atoms with Crippen LogP contribution in [-0.4, -0.2) is 11.7 Å². The van der Waals surface area contributed by atoms with Gasteiger partial charge < -0.3 is 10.1 Å². The van der Waals surface area contributed by atoms with E-state index in [1.165, 1.54) is 44.0 Å². The lowest BCUT2D eigenvalue weighted by atomic mass is 9.66. The van der Waals surface area contributed by atoms with Crippen LogP contribution in [0.5, 0.6) is 11.5 Å². The Hall–Kier alpha value is -7.56. The number of para-hydroxylation sites is 1. The van der Waals surface area contributed by atoms with E-state index in [-0.39, 0.29) is 6.17 Å². The van der Waals surface area contributed by atoms with Crippen molar-refractivity contribution in [2.45, 2.75) is 11.6 Å². The summed E-state index contributed by atoms with van der Waals surface area (Å²) in [6.07, 6.45) is -0.342. The summed E-state index contributed by atoms with van der Waals surface area (Å²) < 4.78 is 6.69. The molecule has 58 heavy (non-hydrogen) atoms. The molecule has 1 N–H and O–H groups in total. The van der Waals surface area contributed by atoms with E-state index in [1.807, 2.05) is 18.2 Å². The Morgan fingerprint density at radius 1 is 0.431 bits per heavy atom. The van der Waals surface area contributed by atoms with Crippen molar-refractivity contribution in [3.8, 4) is 33.8 Å². The van der Waals surface area contributed by atoms with Crippen LogP contribution < -0.4 is 10.1 Å². The average Bonchev–Trinajstić information content (AvgIpc) is 3.59. The van der Waals surface area contributed by atoms with Gasteiger partial charge in [-0.2, -0.15) is 0 Å². The number of benzene rings is 9. The number of hydrogen-bond acceptors (Lipinski definition) is 4. The molecule has 3 aliphatic rings. The van der Waals surface area contributed by atoms with Crippen molar-refractivity contribution in [3.05, 3.63) is 239 Å². The third kappa shape index (κ3) is 4.82. The largest absolute Gasteiger partial charge is 0.457 e. The number of amidine groups is 2. The quantitative estimate of drug-likeness (QED) is 0.183. The molecule has 0 radical (unpaired) electrons. The van der Waals surface area contributed by atoms with Gasteiger partial charge in [0, 0.05) is 22.3 Å². The molecule has 1 atom stereocenters. The van der Waals surface area contributed by atoms with E-state index in [0.717, 1.165) is 56.1 Å². The van der Waals surface area contributed by atoms with E-state index < -0.39 is 5.41 Å². The molecule has 2 heterocycles.